The second-order valence-corrected chi connectivity index (χ2v) is 4.84. The highest BCUT2D eigenvalue weighted by Gasteiger charge is 2.17. The third-order valence-corrected chi connectivity index (χ3v) is 3.45. The van der Waals surface area contributed by atoms with Crippen LogP contribution in [0.3, 0.4) is 0 Å². The number of rotatable bonds is 4. The lowest BCUT2D eigenvalue weighted by molar-refractivity contribution is -0.385. The van der Waals surface area contributed by atoms with Gasteiger partial charge in [-0.05, 0) is 23.8 Å². The van der Waals surface area contributed by atoms with E-state index in [0.29, 0.717) is 5.33 Å². The minimum Gasteiger partial charge on any atom is -0.450 e. The molecule has 0 aliphatic rings. The van der Waals surface area contributed by atoms with Gasteiger partial charge in [0.25, 0.3) is 0 Å². The molecule has 0 N–H and O–H groups in total. The van der Waals surface area contributed by atoms with Crippen LogP contribution in [0, 0.1) is 15.9 Å². The van der Waals surface area contributed by atoms with Crippen molar-refractivity contribution in [2.24, 2.45) is 0 Å². The lowest BCUT2D eigenvalue weighted by atomic mass is 10.2. The van der Waals surface area contributed by atoms with Crippen molar-refractivity contribution >= 4 is 33.2 Å². The Morgan fingerprint density at radius 2 is 2.05 bits per heavy atom. The topological polar surface area (TPSA) is 52.4 Å². The van der Waals surface area contributed by atoms with Gasteiger partial charge in [0.15, 0.2) is 0 Å². The van der Waals surface area contributed by atoms with Crippen LogP contribution in [-0.2, 0) is 5.33 Å². The number of halogens is 3. The van der Waals surface area contributed by atoms with E-state index in [-0.39, 0.29) is 22.2 Å². The molecule has 0 saturated carbocycles. The van der Waals surface area contributed by atoms with Gasteiger partial charge in [-0.1, -0.05) is 33.6 Å². The van der Waals surface area contributed by atoms with E-state index >= 15 is 0 Å². The summed E-state index contributed by atoms with van der Waals surface area (Å²) in [5.41, 5.74) is 0.559. The molecule has 0 aromatic heterocycles. The summed E-state index contributed by atoms with van der Waals surface area (Å²) in [4.78, 5) is 10.5. The average molecular weight is 361 g/mol. The van der Waals surface area contributed by atoms with E-state index in [1.807, 2.05) is 0 Å². The van der Waals surface area contributed by atoms with Crippen LogP contribution in [0.25, 0.3) is 0 Å². The fourth-order valence-corrected chi connectivity index (χ4v) is 2.01. The molecule has 0 atom stereocenters. The zero-order chi connectivity index (χ0) is 14.7. The SMILES string of the molecule is O=[N+]([O-])c1cc(CBr)ccc1Oc1ccc(Cl)c(F)c1. The average Bonchev–Trinajstić information content (AvgIpc) is 2.43. The van der Waals surface area contributed by atoms with E-state index in [1.165, 1.54) is 24.3 Å². The maximum atomic E-state index is 13.3. The van der Waals surface area contributed by atoms with E-state index in [4.69, 9.17) is 16.3 Å². The highest BCUT2D eigenvalue weighted by Crippen LogP contribution is 2.33. The summed E-state index contributed by atoms with van der Waals surface area (Å²) in [6.07, 6.45) is 0. The molecule has 0 radical (unpaired) electrons. The monoisotopic (exact) mass is 359 g/mol. The Kier molecular flexibility index (Phi) is 4.57. The highest BCUT2D eigenvalue weighted by molar-refractivity contribution is 9.08. The van der Waals surface area contributed by atoms with Gasteiger partial charge in [0.1, 0.15) is 11.6 Å². The van der Waals surface area contributed by atoms with Crippen molar-refractivity contribution in [2.75, 3.05) is 0 Å². The number of nitro benzene ring substituents is 1. The van der Waals surface area contributed by atoms with Crippen LogP contribution in [0.4, 0.5) is 10.1 Å². The van der Waals surface area contributed by atoms with Crippen molar-refractivity contribution in [3.63, 3.8) is 0 Å². The molecule has 0 bridgehead atoms. The van der Waals surface area contributed by atoms with Gasteiger partial charge in [-0.2, -0.15) is 0 Å². The van der Waals surface area contributed by atoms with E-state index in [1.54, 1.807) is 6.07 Å². The minimum atomic E-state index is -0.649. The fraction of sp³-hybridized carbons (Fsp3) is 0.0769. The first kappa shape index (κ1) is 14.7. The summed E-state index contributed by atoms with van der Waals surface area (Å²) < 4.78 is 18.7. The van der Waals surface area contributed by atoms with Crippen LogP contribution in [-0.4, -0.2) is 4.92 Å². The fourth-order valence-electron chi connectivity index (χ4n) is 1.54. The van der Waals surface area contributed by atoms with Crippen LogP contribution >= 0.6 is 27.5 Å². The van der Waals surface area contributed by atoms with Crippen molar-refractivity contribution in [1.29, 1.82) is 0 Å². The second-order valence-electron chi connectivity index (χ2n) is 3.87. The standard InChI is InChI=1S/C13H8BrClFNO3/c14-7-8-1-4-13(12(5-8)17(18)19)20-9-2-3-10(15)11(16)6-9/h1-6H,7H2. The van der Waals surface area contributed by atoms with Gasteiger partial charge in [0, 0.05) is 17.5 Å². The first-order valence-electron chi connectivity index (χ1n) is 5.47. The number of hydrogen-bond acceptors (Lipinski definition) is 3. The largest absolute Gasteiger partial charge is 0.450 e. The molecule has 0 unspecified atom stereocenters. The number of nitro groups is 1. The lowest BCUT2D eigenvalue weighted by Gasteiger charge is -2.07. The first-order chi connectivity index (χ1) is 9.51. The third-order valence-electron chi connectivity index (χ3n) is 2.49. The van der Waals surface area contributed by atoms with Gasteiger partial charge in [0.05, 0.1) is 9.95 Å². The summed E-state index contributed by atoms with van der Waals surface area (Å²) in [6.45, 7) is 0. The second kappa shape index (κ2) is 6.19. The Morgan fingerprint density at radius 3 is 2.65 bits per heavy atom. The summed E-state index contributed by atoms with van der Waals surface area (Å²) in [5, 5.41) is 11.5. The smallest absolute Gasteiger partial charge is 0.311 e. The third kappa shape index (κ3) is 3.26. The highest BCUT2D eigenvalue weighted by atomic mass is 79.9. The molecule has 20 heavy (non-hydrogen) atoms. The summed E-state index contributed by atoms with van der Waals surface area (Å²) in [6, 6.07) is 8.39. The molecule has 2 rings (SSSR count). The summed E-state index contributed by atoms with van der Waals surface area (Å²) in [7, 11) is 0. The Morgan fingerprint density at radius 1 is 1.30 bits per heavy atom. The van der Waals surface area contributed by atoms with E-state index in [0.717, 1.165) is 11.6 Å². The van der Waals surface area contributed by atoms with Crippen molar-refractivity contribution in [3.8, 4) is 11.5 Å². The molecule has 104 valence electrons. The molecule has 0 spiro atoms. The molecule has 0 fully saturated rings. The minimum absolute atomic E-state index is 0.0403. The van der Waals surface area contributed by atoms with Gasteiger partial charge in [-0.3, -0.25) is 10.1 Å². The normalized spacial score (nSPS) is 10.3. The lowest BCUT2D eigenvalue weighted by Crippen LogP contribution is -1.95. The van der Waals surface area contributed by atoms with E-state index in [2.05, 4.69) is 15.9 Å². The molecule has 4 nitrogen and oxygen atoms in total. The molecule has 0 saturated heterocycles. The number of hydrogen-bond donors (Lipinski definition) is 0. The first-order valence-corrected chi connectivity index (χ1v) is 6.97. The molecule has 7 heteroatoms. The van der Waals surface area contributed by atoms with Gasteiger partial charge in [-0.25, -0.2) is 4.39 Å². The predicted molar refractivity (Wildman–Crippen MR) is 77.2 cm³/mol. The van der Waals surface area contributed by atoms with E-state index in [9.17, 15) is 14.5 Å². The van der Waals surface area contributed by atoms with Gasteiger partial charge >= 0.3 is 5.69 Å². The van der Waals surface area contributed by atoms with Crippen molar-refractivity contribution in [2.45, 2.75) is 5.33 Å². The summed E-state index contributed by atoms with van der Waals surface area (Å²) in [5.74, 6) is -0.466. The summed E-state index contributed by atoms with van der Waals surface area (Å²) >= 11 is 8.78. The molecule has 0 aliphatic heterocycles. The van der Waals surface area contributed by atoms with Crippen molar-refractivity contribution in [1.82, 2.24) is 0 Å². The maximum absolute atomic E-state index is 13.3. The van der Waals surface area contributed by atoms with Crippen LogP contribution in [0.1, 0.15) is 5.56 Å². The zero-order valence-electron chi connectivity index (χ0n) is 9.98. The van der Waals surface area contributed by atoms with E-state index < -0.39 is 10.7 Å². The van der Waals surface area contributed by atoms with Crippen molar-refractivity contribution < 1.29 is 14.1 Å². The Hall–Kier alpha value is -1.66. The van der Waals surface area contributed by atoms with Crippen molar-refractivity contribution in [3.05, 3.63) is 62.9 Å². The Bertz CT molecular complexity index is 666. The molecular weight excluding hydrogens is 353 g/mol. The van der Waals surface area contributed by atoms with Crippen LogP contribution in [0.5, 0.6) is 11.5 Å². The van der Waals surface area contributed by atoms with Gasteiger partial charge in [0.2, 0.25) is 5.75 Å². The van der Waals surface area contributed by atoms with Crippen LogP contribution in [0.2, 0.25) is 5.02 Å². The molecule has 0 aliphatic carbocycles. The Labute approximate surface area is 127 Å². The Balaban J connectivity index is 2.37. The molecular formula is C13H8BrClFNO3. The van der Waals surface area contributed by atoms with Crippen LogP contribution < -0.4 is 4.74 Å². The molecule has 2 aromatic carbocycles. The number of alkyl halides is 1. The maximum Gasteiger partial charge on any atom is 0.311 e. The quantitative estimate of drug-likeness (QED) is 0.434. The van der Waals surface area contributed by atoms with Crippen LogP contribution in [0.15, 0.2) is 36.4 Å². The molecule has 0 heterocycles. The molecule has 0 amide bonds. The van der Waals surface area contributed by atoms with Gasteiger partial charge < -0.3 is 4.74 Å². The van der Waals surface area contributed by atoms with Gasteiger partial charge in [-0.15, -0.1) is 0 Å². The zero-order valence-corrected chi connectivity index (χ0v) is 12.3. The molecule has 2 aromatic rings. The number of ether oxygens (including phenoxy) is 1. The number of benzene rings is 2. The number of nitrogens with zero attached hydrogens (tertiary/aromatic N) is 1. The predicted octanol–water partition coefficient (Wildman–Crippen LogP) is 5.07.